The Kier molecular flexibility index (Phi) is 6.12. The number of aliphatic hydroxyl groups excluding tert-OH is 1. The molecule has 18 heavy (non-hydrogen) atoms. The van der Waals surface area contributed by atoms with E-state index >= 15 is 0 Å². The van der Waals surface area contributed by atoms with Crippen LogP contribution in [0, 0.1) is 6.92 Å². The second-order valence-electron chi connectivity index (χ2n) is 3.96. The Bertz CT molecular complexity index is 409. The second kappa shape index (κ2) is 7.36. The van der Waals surface area contributed by atoms with Crippen LogP contribution in [0.25, 0.3) is 0 Å². The molecule has 0 saturated heterocycles. The minimum Gasteiger partial charge on any atom is -0.389 e. The molecule has 2 N–H and O–H groups in total. The Hall–Kier alpha value is -1.10. The van der Waals surface area contributed by atoms with Gasteiger partial charge in [0.25, 0.3) is 5.91 Å². The number of nitrogens with one attached hydrogen (secondary N) is 1. The molecule has 0 aliphatic heterocycles. The number of aryl methyl sites for hydroxylation is 1. The number of hydrogen-bond donors (Lipinski definition) is 2. The van der Waals surface area contributed by atoms with Crippen LogP contribution in [-0.2, 0) is 4.74 Å². The summed E-state index contributed by atoms with van der Waals surface area (Å²) in [5.74, 6) is -0.292. The fourth-order valence-corrected chi connectivity index (χ4v) is 1.65. The molecule has 0 bridgehead atoms. The molecule has 0 fully saturated rings. The van der Waals surface area contributed by atoms with E-state index in [9.17, 15) is 9.90 Å². The van der Waals surface area contributed by atoms with Crippen LogP contribution in [0.1, 0.15) is 22.8 Å². The molecular weight excluding hydrogens is 254 g/mol. The number of amides is 1. The van der Waals surface area contributed by atoms with Crippen LogP contribution in [-0.4, -0.2) is 36.9 Å². The molecule has 0 radical (unpaired) electrons. The summed E-state index contributed by atoms with van der Waals surface area (Å²) in [5.41, 5.74) is 1.26. The van der Waals surface area contributed by atoms with E-state index in [-0.39, 0.29) is 19.1 Å². The fraction of sp³-hybridized carbons (Fsp3) is 0.462. The molecule has 100 valence electrons. The van der Waals surface area contributed by atoms with E-state index in [0.29, 0.717) is 17.2 Å². The highest BCUT2D eigenvalue weighted by molar-refractivity contribution is 6.34. The third kappa shape index (κ3) is 4.29. The molecular formula is C13H18ClNO3. The van der Waals surface area contributed by atoms with Crippen molar-refractivity contribution in [2.75, 3.05) is 19.8 Å². The van der Waals surface area contributed by atoms with Crippen molar-refractivity contribution in [2.45, 2.75) is 20.0 Å². The summed E-state index contributed by atoms with van der Waals surface area (Å²) in [6.07, 6.45) is -0.711. The smallest absolute Gasteiger partial charge is 0.252 e. The van der Waals surface area contributed by atoms with Crippen molar-refractivity contribution in [3.05, 3.63) is 34.3 Å². The minimum absolute atomic E-state index is 0.142. The average molecular weight is 272 g/mol. The fourth-order valence-electron chi connectivity index (χ4n) is 1.44. The van der Waals surface area contributed by atoms with E-state index < -0.39 is 6.10 Å². The van der Waals surface area contributed by atoms with Crippen LogP contribution in [0.3, 0.4) is 0 Å². The molecule has 1 aromatic carbocycles. The standard InChI is InChI=1S/C13H18ClNO3/c1-3-18-8-10(16)7-15-13(17)11-6-4-5-9(2)12(11)14/h4-6,10,16H,3,7-8H2,1-2H3,(H,15,17)/t10-/m1/s1. The van der Waals surface area contributed by atoms with Gasteiger partial charge >= 0.3 is 0 Å². The van der Waals surface area contributed by atoms with Gasteiger partial charge in [0.1, 0.15) is 0 Å². The van der Waals surface area contributed by atoms with Crippen molar-refractivity contribution < 1.29 is 14.6 Å². The maximum atomic E-state index is 11.8. The van der Waals surface area contributed by atoms with E-state index in [0.717, 1.165) is 5.56 Å². The highest BCUT2D eigenvalue weighted by atomic mass is 35.5. The van der Waals surface area contributed by atoms with E-state index in [2.05, 4.69) is 5.32 Å². The van der Waals surface area contributed by atoms with E-state index in [1.54, 1.807) is 12.1 Å². The molecule has 0 heterocycles. The minimum atomic E-state index is -0.711. The summed E-state index contributed by atoms with van der Waals surface area (Å²) in [6.45, 7) is 4.57. The number of carbonyl (C=O) groups excluding carboxylic acids is 1. The lowest BCUT2D eigenvalue weighted by Crippen LogP contribution is -2.34. The Balaban J connectivity index is 2.53. The molecule has 0 unspecified atom stereocenters. The van der Waals surface area contributed by atoms with Crippen LogP contribution < -0.4 is 5.32 Å². The zero-order valence-corrected chi connectivity index (χ0v) is 11.3. The lowest BCUT2D eigenvalue weighted by atomic mass is 10.1. The Labute approximate surface area is 112 Å². The average Bonchev–Trinajstić information content (AvgIpc) is 2.36. The first-order valence-electron chi connectivity index (χ1n) is 5.85. The van der Waals surface area contributed by atoms with Crippen LogP contribution in [0.4, 0.5) is 0 Å². The van der Waals surface area contributed by atoms with Gasteiger partial charge in [-0.3, -0.25) is 4.79 Å². The number of benzene rings is 1. The van der Waals surface area contributed by atoms with E-state index in [1.165, 1.54) is 0 Å². The molecule has 4 nitrogen and oxygen atoms in total. The summed E-state index contributed by atoms with van der Waals surface area (Å²) in [7, 11) is 0. The molecule has 1 aromatic rings. The van der Waals surface area contributed by atoms with Crippen molar-refractivity contribution in [1.82, 2.24) is 5.32 Å². The van der Waals surface area contributed by atoms with Crippen molar-refractivity contribution in [2.24, 2.45) is 0 Å². The monoisotopic (exact) mass is 271 g/mol. The molecule has 5 heteroatoms. The zero-order chi connectivity index (χ0) is 13.5. The topological polar surface area (TPSA) is 58.6 Å². The van der Waals surface area contributed by atoms with Gasteiger partial charge in [0.05, 0.1) is 23.3 Å². The summed E-state index contributed by atoms with van der Waals surface area (Å²) in [5, 5.41) is 12.6. The third-order valence-corrected chi connectivity index (χ3v) is 2.95. The Morgan fingerprint density at radius 2 is 2.28 bits per heavy atom. The van der Waals surface area contributed by atoms with Crippen LogP contribution in [0.5, 0.6) is 0 Å². The first-order valence-corrected chi connectivity index (χ1v) is 6.23. The maximum Gasteiger partial charge on any atom is 0.252 e. The van der Waals surface area contributed by atoms with Gasteiger partial charge in [-0.25, -0.2) is 0 Å². The SMILES string of the molecule is CCOC[C@H](O)CNC(=O)c1cccc(C)c1Cl. The molecule has 0 aromatic heterocycles. The van der Waals surface area contributed by atoms with Gasteiger partial charge in [-0.15, -0.1) is 0 Å². The molecule has 0 aliphatic rings. The van der Waals surface area contributed by atoms with Crippen LogP contribution >= 0.6 is 11.6 Å². The first kappa shape index (κ1) is 15.0. The molecule has 0 saturated carbocycles. The van der Waals surface area contributed by atoms with Crippen LogP contribution in [0.2, 0.25) is 5.02 Å². The molecule has 1 rings (SSSR count). The largest absolute Gasteiger partial charge is 0.389 e. The quantitative estimate of drug-likeness (QED) is 0.829. The number of rotatable bonds is 6. The van der Waals surface area contributed by atoms with Gasteiger partial charge in [-0.05, 0) is 25.5 Å². The first-order chi connectivity index (χ1) is 8.56. The van der Waals surface area contributed by atoms with E-state index in [1.807, 2.05) is 19.9 Å². The molecule has 0 spiro atoms. The zero-order valence-electron chi connectivity index (χ0n) is 10.6. The van der Waals surface area contributed by atoms with Gasteiger partial charge in [0.2, 0.25) is 0 Å². The highest BCUT2D eigenvalue weighted by Crippen LogP contribution is 2.19. The highest BCUT2D eigenvalue weighted by Gasteiger charge is 2.13. The second-order valence-corrected chi connectivity index (χ2v) is 4.34. The number of halogens is 1. The van der Waals surface area contributed by atoms with Crippen molar-refractivity contribution in [3.8, 4) is 0 Å². The number of hydrogen-bond acceptors (Lipinski definition) is 3. The van der Waals surface area contributed by atoms with Gasteiger partial charge in [-0.2, -0.15) is 0 Å². The number of carbonyl (C=O) groups is 1. The summed E-state index contributed by atoms with van der Waals surface area (Å²) >= 11 is 6.04. The predicted molar refractivity (Wildman–Crippen MR) is 71.0 cm³/mol. The molecule has 1 amide bonds. The van der Waals surface area contributed by atoms with Crippen molar-refractivity contribution in [3.63, 3.8) is 0 Å². The lowest BCUT2D eigenvalue weighted by molar-refractivity contribution is 0.0418. The van der Waals surface area contributed by atoms with Gasteiger partial charge in [0, 0.05) is 13.2 Å². The predicted octanol–water partition coefficient (Wildman–Crippen LogP) is 1.78. The Morgan fingerprint density at radius 1 is 1.56 bits per heavy atom. The number of aliphatic hydroxyl groups is 1. The van der Waals surface area contributed by atoms with Crippen LogP contribution in [0.15, 0.2) is 18.2 Å². The molecule has 1 atom stereocenters. The van der Waals surface area contributed by atoms with Gasteiger partial charge < -0.3 is 15.2 Å². The molecule has 0 aliphatic carbocycles. The number of ether oxygens (including phenoxy) is 1. The maximum absolute atomic E-state index is 11.8. The Morgan fingerprint density at radius 3 is 2.94 bits per heavy atom. The van der Waals surface area contributed by atoms with Gasteiger partial charge in [-0.1, -0.05) is 23.7 Å². The van der Waals surface area contributed by atoms with Gasteiger partial charge in [0.15, 0.2) is 0 Å². The van der Waals surface area contributed by atoms with Crippen molar-refractivity contribution in [1.29, 1.82) is 0 Å². The summed E-state index contributed by atoms with van der Waals surface area (Å²) in [4.78, 5) is 11.8. The summed E-state index contributed by atoms with van der Waals surface area (Å²) in [6, 6.07) is 5.26. The summed E-state index contributed by atoms with van der Waals surface area (Å²) < 4.78 is 5.05. The third-order valence-electron chi connectivity index (χ3n) is 2.45. The van der Waals surface area contributed by atoms with E-state index in [4.69, 9.17) is 16.3 Å². The normalized spacial score (nSPS) is 12.2. The lowest BCUT2D eigenvalue weighted by Gasteiger charge is -2.12. The van der Waals surface area contributed by atoms with Crippen molar-refractivity contribution >= 4 is 17.5 Å².